The van der Waals surface area contributed by atoms with Gasteiger partial charge in [-0.2, -0.15) is 0 Å². The predicted molar refractivity (Wildman–Crippen MR) is 83.5 cm³/mol. The number of nitrogens with one attached hydrogen (secondary N) is 1. The normalized spacial score (nSPS) is 28.6. The maximum atomic E-state index is 5.16. The quantitative estimate of drug-likeness (QED) is 0.698. The summed E-state index contributed by atoms with van der Waals surface area (Å²) in [5, 5.41) is 3.71. The van der Waals surface area contributed by atoms with E-state index < -0.39 is 0 Å². The number of unbranched alkanes of at least 4 members (excludes halogenated alkanes) is 1. The molecule has 2 nitrogen and oxygen atoms in total. The van der Waals surface area contributed by atoms with Crippen LogP contribution >= 0.6 is 0 Å². The third kappa shape index (κ3) is 7.31. The molecule has 1 saturated carbocycles. The molecule has 0 aliphatic heterocycles. The Morgan fingerprint density at radius 2 is 1.84 bits per heavy atom. The predicted octanol–water partition coefficient (Wildman–Crippen LogP) is 4.24. The molecule has 1 N–H and O–H groups in total. The molecule has 2 heteroatoms. The van der Waals surface area contributed by atoms with E-state index in [1.807, 2.05) is 0 Å². The van der Waals surface area contributed by atoms with E-state index in [1.165, 1.54) is 45.1 Å². The van der Waals surface area contributed by atoms with E-state index in [0.29, 0.717) is 0 Å². The van der Waals surface area contributed by atoms with Crippen LogP contribution in [-0.2, 0) is 4.74 Å². The SMILES string of the molecule is COCCCCC1CC(C)CCC1CNC(C)(C)C. The molecule has 3 atom stereocenters. The van der Waals surface area contributed by atoms with Crippen molar-refractivity contribution in [3.05, 3.63) is 0 Å². The van der Waals surface area contributed by atoms with Gasteiger partial charge in [-0.05, 0) is 64.3 Å². The molecule has 0 bridgehead atoms. The van der Waals surface area contributed by atoms with E-state index in [0.717, 1.165) is 24.4 Å². The molecule has 0 aromatic heterocycles. The Bertz CT molecular complexity index is 234. The molecule has 0 aromatic rings. The van der Waals surface area contributed by atoms with Gasteiger partial charge in [0.05, 0.1) is 0 Å². The summed E-state index contributed by atoms with van der Waals surface area (Å²) in [4.78, 5) is 0. The smallest absolute Gasteiger partial charge is 0.0462 e. The Morgan fingerprint density at radius 3 is 2.47 bits per heavy atom. The van der Waals surface area contributed by atoms with Crippen LogP contribution < -0.4 is 5.32 Å². The average molecular weight is 269 g/mol. The summed E-state index contributed by atoms with van der Waals surface area (Å²) in [7, 11) is 1.80. The van der Waals surface area contributed by atoms with E-state index in [2.05, 4.69) is 33.0 Å². The van der Waals surface area contributed by atoms with Gasteiger partial charge in [0.15, 0.2) is 0 Å². The van der Waals surface area contributed by atoms with Crippen molar-refractivity contribution >= 4 is 0 Å². The molecular formula is C17H35NO. The second-order valence-electron chi connectivity index (χ2n) is 7.56. The molecule has 1 fully saturated rings. The Labute approximate surface area is 120 Å². The largest absolute Gasteiger partial charge is 0.385 e. The maximum Gasteiger partial charge on any atom is 0.0462 e. The maximum absolute atomic E-state index is 5.16. The fourth-order valence-corrected chi connectivity index (χ4v) is 3.27. The van der Waals surface area contributed by atoms with Gasteiger partial charge in [-0.25, -0.2) is 0 Å². The van der Waals surface area contributed by atoms with Gasteiger partial charge in [0, 0.05) is 19.3 Å². The number of ether oxygens (including phenoxy) is 1. The Morgan fingerprint density at radius 1 is 1.11 bits per heavy atom. The summed E-state index contributed by atoms with van der Waals surface area (Å²) >= 11 is 0. The van der Waals surface area contributed by atoms with E-state index >= 15 is 0 Å². The van der Waals surface area contributed by atoms with Gasteiger partial charge in [0.25, 0.3) is 0 Å². The summed E-state index contributed by atoms with van der Waals surface area (Å²) in [5.41, 5.74) is 0.254. The molecule has 0 saturated heterocycles. The minimum atomic E-state index is 0.254. The zero-order valence-electron chi connectivity index (χ0n) is 13.8. The molecule has 0 heterocycles. The van der Waals surface area contributed by atoms with Gasteiger partial charge in [-0.1, -0.05) is 26.2 Å². The molecular weight excluding hydrogens is 234 g/mol. The summed E-state index contributed by atoms with van der Waals surface area (Å²) in [5.74, 6) is 2.74. The van der Waals surface area contributed by atoms with Crippen molar-refractivity contribution in [1.29, 1.82) is 0 Å². The molecule has 1 aliphatic carbocycles. The number of hydrogen-bond donors (Lipinski definition) is 1. The Kier molecular flexibility index (Phi) is 7.38. The lowest BCUT2D eigenvalue weighted by Crippen LogP contribution is -2.42. The molecule has 0 radical (unpaired) electrons. The second-order valence-corrected chi connectivity index (χ2v) is 7.56. The first kappa shape index (κ1) is 17.0. The van der Waals surface area contributed by atoms with Gasteiger partial charge in [-0.3, -0.25) is 0 Å². The third-order valence-electron chi connectivity index (χ3n) is 4.47. The van der Waals surface area contributed by atoms with Crippen LogP contribution in [0.2, 0.25) is 0 Å². The van der Waals surface area contributed by atoms with Crippen LogP contribution in [0, 0.1) is 17.8 Å². The molecule has 3 unspecified atom stereocenters. The van der Waals surface area contributed by atoms with Crippen molar-refractivity contribution in [2.75, 3.05) is 20.3 Å². The topological polar surface area (TPSA) is 21.3 Å². The van der Waals surface area contributed by atoms with Crippen LogP contribution in [0.25, 0.3) is 0 Å². The van der Waals surface area contributed by atoms with Crippen molar-refractivity contribution in [1.82, 2.24) is 5.32 Å². The first-order valence-corrected chi connectivity index (χ1v) is 8.16. The number of rotatable bonds is 7. The Balaban J connectivity index is 2.36. The zero-order chi connectivity index (χ0) is 14.3. The summed E-state index contributed by atoms with van der Waals surface area (Å²) in [6.45, 7) is 11.4. The van der Waals surface area contributed by atoms with Crippen LogP contribution in [0.5, 0.6) is 0 Å². The highest BCUT2D eigenvalue weighted by atomic mass is 16.5. The molecule has 1 aliphatic rings. The minimum absolute atomic E-state index is 0.254. The van der Waals surface area contributed by atoms with Crippen molar-refractivity contribution < 1.29 is 4.74 Å². The van der Waals surface area contributed by atoms with Crippen LogP contribution in [0.3, 0.4) is 0 Å². The summed E-state index contributed by atoms with van der Waals surface area (Å²) in [6.07, 6.45) is 8.22. The fourth-order valence-electron chi connectivity index (χ4n) is 3.27. The van der Waals surface area contributed by atoms with E-state index in [1.54, 1.807) is 7.11 Å². The minimum Gasteiger partial charge on any atom is -0.385 e. The van der Waals surface area contributed by atoms with Crippen molar-refractivity contribution in [2.45, 2.75) is 71.8 Å². The highest BCUT2D eigenvalue weighted by Gasteiger charge is 2.28. The van der Waals surface area contributed by atoms with E-state index in [4.69, 9.17) is 4.74 Å². The zero-order valence-corrected chi connectivity index (χ0v) is 13.8. The number of methoxy groups -OCH3 is 1. The van der Waals surface area contributed by atoms with Crippen molar-refractivity contribution in [3.8, 4) is 0 Å². The summed E-state index contributed by atoms with van der Waals surface area (Å²) < 4.78 is 5.16. The first-order chi connectivity index (χ1) is 8.92. The van der Waals surface area contributed by atoms with Crippen molar-refractivity contribution in [2.24, 2.45) is 17.8 Å². The standard InChI is InChI=1S/C17H35NO/c1-14-9-10-16(13-18-17(2,3)4)15(12-14)8-6-7-11-19-5/h14-16,18H,6-13H2,1-5H3. The lowest BCUT2D eigenvalue weighted by atomic mass is 9.72. The molecule has 0 spiro atoms. The van der Waals surface area contributed by atoms with Crippen LogP contribution in [0.15, 0.2) is 0 Å². The van der Waals surface area contributed by atoms with Gasteiger partial charge in [0.2, 0.25) is 0 Å². The molecule has 1 rings (SSSR count). The highest BCUT2D eigenvalue weighted by Crippen LogP contribution is 2.36. The van der Waals surface area contributed by atoms with Gasteiger partial charge >= 0.3 is 0 Å². The van der Waals surface area contributed by atoms with Gasteiger partial charge in [0.1, 0.15) is 0 Å². The lowest BCUT2D eigenvalue weighted by Gasteiger charge is -2.37. The second kappa shape index (κ2) is 8.26. The molecule has 0 amide bonds. The van der Waals surface area contributed by atoms with Crippen LogP contribution in [0.4, 0.5) is 0 Å². The lowest BCUT2D eigenvalue weighted by molar-refractivity contribution is 0.152. The molecule has 114 valence electrons. The van der Waals surface area contributed by atoms with Crippen LogP contribution in [-0.4, -0.2) is 25.8 Å². The fraction of sp³-hybridized carbons (Fsp3) is 1.00. The van der Waals surface area contributed by atoms with E-state index in [9.17, 15) is 0 Å². The van der Waals surface area contributed by atoms with Crippen molar-refractivity contribution in [3.63, 3.8) is 0 Å². The molecule has 19 heavy (non-hydrogen) atoms. The number of hydrogen-bond acceptors (Lipinski definition) is 2. The van der Waals surface area contributed by atoms with Gasteiger partial charge in [-0.15, -0.1) is 0 Å². The summed E-state index contributed by atoms with van der Waals surface area (Å²) in [6, 6.07) is 0. The van der Waals surface area contributed by atoms with E-state index in [-0.39, 0.29) is 5.54 Å². The monoisotopic (exact) mass is 269 g/mol. The Hall–Kier alpha value is -0.0800. The first-order valence-electron chi connectivity index (χ1n) is 8.16. The van der Waals surface area contributed by atoms with Gasteiger partial charge < -0.3 is 10.1 Å². The van der Waals surface area contributed by atoms with Crippen LogP contribution in [0.1, 0.15) is 66.2 Å². The molecule has 0 aromatic carbocycles. The average Bonchev–Trinajstić information content (AvgIpc) is 2.32. The highest BCUT2D eigenvalue weighted by molar-refractivity contribution is 4.82. The third-order valence-corrected chi connectivity index (χ3v) is 4.47.